The van der Waals surface area contributed by atoms with Crippen molar-refractivity contribution in [1.82, 2.24) is 9.97 Å². The molecule has 4 heteroatoms. The van der Waals surface area contributed by atoms with Crippen LogP contribution >= 0.6 is 11.8 Å². The third-order valence-corrected chi connectivity index (χ3v) is 4.19. The molecule has 0 aromatic carbocycles. The molecule has 0 spiro atoms. The molecule has 0 amide bonds. The Morgan fingerprint density at radius 1 is 1.24 bits per heavy atom. The van der Waals surface area contributed by atoms with Crippen molar-refractivity contribution in [3.63, 3.8) is 0 Å². The van der Waals surface area contributed by atoms with Crippen LogP contribution in [-0.4, -0.2) is 15.2 Å². The summed E-state index contributed by atoms with van der Waals surface area (Å²) in [5, 5.41) is 0.643. The molecule has 0 saturated carbocycles. The average Bonchev–Trinajstić information content (AvgIpc) is 2.24. The molecule has 1 unspecified atom stereocenters. The fourth-order valence-electron chi connectivity index (χ4n) is 1.78. The van der Waals surface area contributed by atoms with Crippen molar-refractivity contribution < 1.29 is 0 Å². The standard InChI is InChI=1S/C13H23N3S/c1-6-9(4)17-7-11-15-10(5)12(8(2)3)13(14)16-11/h8-9H,6-7H2,1-5H3,(H2,14,15,16). The van der Waals surface area contributed by atoms with Gasteiger partial charge in [0.1, 0.15) is 11.6 Å². The van der Waals surface area contributed by atoms with Gasteiger partial charge in [0.15, 0.2) is 0 Å². The maximum Gasteiger partial charge on any atom is 0.140 e. The zero-order valence-corrected chi connectivity index (χ0v) is 12.3. The summed E-state index contributed by atoms with van der Waals surface area (Å²) in [7, 11) is 0. The Bertz CT molecular complexity index is 354. The van der Waals surface area contributed by atoms with E-state index in [1.54, 1.807) is 0 Å². The van der Waals surface area contributed by atoms with E-state index in [-0.39, 0.29) is 0 Å². The van der Waals surface area contributed by atoms with Gasteiger partial charge in [0, 0.05) is 16.5 Å². The molecule has 1 atom stereocenters. The van der Waals surface area contributed by atoms with Crippen LogP contribution in [0.5, 0.6) is 0 Å². The summed E-state index contributed by atoms with van der Waals surface area (Å²) in [4.78, 5) is 8.96. The van der Waals surface area contributed by atoms with E-state index in [9.17, 15) is 0 Å². The van der Waals surface area contributed by atoms with Crippen molar-refractivity contribution in [1.29, 1.82) is 0 Å². The van der Waals surface area contributed by atoms with Crippen molar-refractivity contribution in [3.05, 3.63) is 17.1 Å². The maximum absolute atomic E-state index is 6.00. The Labute approximate surface area is 109 Å². The van der Waals surface area contributed by atoms with Gasteiger partial charge in [-0.25, -0.2) is 9.97 Å². The first-order chi connectivity index (χ1) is 7.95. The molecule has 0 saturated heterocycles. The SMILES string of the molecule is CCC(C)SCc1nc(C)c(C(C)C)c(N)n1. The van der Waals surface area contributed by atoms with Crippen LogP contribution in [0, 0.1) is 6.92 Å². The summed E-state index contributed by atoms with van der Waals surface area (Å²) < 4.78 is 0. The van der Waals surface area contributed by atoms with Crippen LogP contribution in [0.15, 0.2) is 0 Å². The summed E-state index contributed by atoms with van der Waals surface area (Å²) in [6, 6.07) is 0. The minimum Gasteiger partial charge on any atom is -0.383 e. The third kappa shape index (κ3) is 3.87. The highest BCUT2D eigenvalue weighted by molar-refractivity contribution is 7.99. The number of hydrogen-bond donors (Lipinski definition) is 1. The van der Waals surface area contributed by atoms with E-state index >= 15 is 0 Å². The van der Waals surface area contributed by atoms with Crippen molar-refractivity contribution >= 4 is 17.6 Å². The zero-order valence-electron chi connectivity index (χ0n) is 11.4. The van der Waals surface area contributed by atoms with Gasteiger partial charge >= 0.3 is 0 Å². The van der Waals surface area contributed by atoms with E-state index in [4.69, 9.17) is 5.73 Å². The molecule has 1 rings (SSSR count). The normalized spacial score (nSPS) is 13.1. The fraction of sp³-hybridized carbons (Fsp3) is 0.692. The Balaban J connectivity index is 2.83. The van der Waals surface area contributed by atoms with Gasteiger partial charge in [-0.2, -0.15) is 11.8 Å². The number of rotatable bonds is 5. The number of aromatic nitrogens is 2. The first-order valence-electron chi connectivity index (χ1n) is 6.20. The molecule has 2 N–H and O–H groups in total. The lowest BCUT2D eigenvalue weighted by Crippen LogP contribution is -2.08. The van der Waals surface area contributed by atoms with Gasteiger partial charge in [0.2, 0.25) is 0 Å². The van der Waals surface area contributed by atoms with Gasteiger partial charge in [0.25, 0.3) is 0 Å². The summed E-state index contributed by atoms with van der Waals surface area (Å²) in [6.45, 7) is 10.7. The smallest absolute Gasteiger partial charge is 0.140 e. The first kappa shape index (κ1) is 14.3. The zero-order chi connectivity index (χ0) is 13.0. The summed E-state index contributed by atoms with van der Waals surface area (Å²) >= 11 is 1.88. The number of aryl methyl sites for hydroxylation is 1. The number of nitrogens with zero attached hydrogens (tertiary/aromatic N) is 2. The molecule has 1 aromatic heterocycles. The van der Waals surface area contributed by atoms with Crippen molar-refractivity contribution in [3.8, 4) is 0 Å². The molecule has 0 bridgehead atoms. The minimum absolute atomic E-state index is 0.381. The van der Waals surface area contributed by atoms with E-state index in [1.807, 2.05) is 18.7 Å². The van der Waals surface area contributed by atoms with Gasteiger partial charge < -0.3 is 5.73 Å². The molecule has 0 aliphatic heterocycles. The Morgan fingerprint density at radius 2 is 1.88 bits per heavy atom. The van der Waals surface area contributed by atoms with Crippen LogP contribution in [0.3, 0.4) is 0 Å². The lowest BCUT2D eigenvalue weighted by Gasteiger charge is -2.14. The predicted molar refractivity (Wildman–Crippen MR) is 76.3 cm³/mol. The fourth-order valence-corrected chi connectivity index (χ4v) is 2.57. The molecular weight excluding hydrogens is 230 g/mol. The van der Waals surface area contributed by atoms with Crippen LogP contribution < -0.4 is 5.73 Å². The molecule has 17 heavy (non-hydrogen) atoms. The summed E-state index contributed by atoms with van der Waals surface area (Å²) in [5.74, 6) is 2.73. The molecular formula is C13H23N3S. The maximum atomic E-state index is 6.00. The van der Waals surface area contributed by atoms with Crippen LogP contribution in [0.2, 0.25) is 0 Å². The Morgan fingerprint density at radius 3 is 2.35 bits per heavy atom. The van der Waals surface area contributed by atoms with Gasteiger partial charge in [0.05, 0.1) is 5.75 Å². The van der Waals surface area contributed by atoms with E-state index in [0.29, 0.717) is 17.0 Å². The second-order valence-corrected chi connectivity index (χ2v) is 6.14. The molecule has 1 heterocycles. The highest BCUT2D eigenvalue weighted by Gasteiger charge is 2.12. The van der Waals surface area contributed by atoms with Gasteiger partial charge in [-0.05, 0) is 19.3 Å². The average molecular weight is 253 g/mol. The van der Waals surface area contributed by atoms with Crippen LogP contribution in [0.4, 0.5) is 5.82 Å². The second kappa shape index (κ2) is 6.24. The van der Waals surface area contributed by atoms with E-state index in [1.165, 1.54) is 6.42 Å². The Hall–Kier alpha value is -0.770. The number of hydrogen-bond acceptors (Lipinski definition) is 4. The predicted octanol–water partition coefficient (Wildman–Crippen LogP) is 3.52. The molecule has 96 valence electrons. The molecule has 0 radical (unpaired) electrons. The molecule has 0 aliphatic carbocycles. The largest absolute Gasteiger partial charge is 0.383 e. The van der Waals surface area contributed by atoms with Gasteiger partial charge in [-0.3, -0.25) is 0 Å². The first-order valence-corrected chi connectivity index (χ1v) is 7.25. The molecule has 3 nitrogen and oxygen atoms in total. The quantitative estimate of drug-likeness (QED) is 0.872. The van der Waals surface area contributed by atoms with Crippen molar-refractivity contribution in [2.75, 3.05) is 5.73 Å². The molecule has 0 aliphatic rings. The monoisotopic (exact) mass is 253 g/mol. The lowest BCUT2D eigenvalue weighted by molar-refractivity contribution is 0.822. The van der Waals surface area contributed by atoms with Crippen LogP contribution in [0.25, 0.3) is 0 Å². The third-order valence-electron chi connectivity index (χ3n) is 2.86. The number of thioether (sulfide) groups is 1. The number of nitrogen functional groups attached to an aromatic ring is 1. The molecule has 1 aromatic rings. The van der Waals surface area contributed by atoms with E-state index < -0.39 is 0 Å². The summed E-state index contributed by atoms with van der Waals surface area (Å²) in [5.41, 5.74) is 8.11. The minimum atomic E-state index is 0.381. The van der Waals surface area contributed by atoms with Gasteiger partial charge in [-0.1, -0.05) is 27.7 Å². The second-order valence-electron chi connectivity index (χ2n) is 4.71. The van der Waals surface area contributed by atoms with Crippen LogP contribution in [0.1, 0.15) is 57.1 Å². The number of anilines is 1. The number of nitrogens with two attached hydrogens (primary N) is 1. The molecule has 0 fully saturated rings. The van der Waals surface area contributed by atoms with Crippen molar-refractivity contribution in [2.45, 2.75) is 58.0 Å². The van der Waals surface area contributed by atoms with Gasteiger partial charge in [-0.15, -0.1) is 0 Å². The highest BCUT2D eigenvalue weighted by Crippen LogP contribution is 2.25. The Kier molecular flexibility index (Phi) is 5.25. The summed E-state index contributed by atoms with van der Waals surface area (Å²) in [6.07, 6.45) is 1.17. The van der Waals surface area contributed by atoms with Crippen LogP contribution in [-0.2, 0) is 5.75 Å². The van der Waals surface area contributed by atoms with E-state index in [2.05, 4.69) is 37.7 Å². The topological polar surface area (TPSA) is 51.8 Å². The van der Waals surface area contributed by atoms with Crippen molar-refractivity contribution in [2.24, 2.45) is 0 Å². The highest BCUT2D eigenvalue weighted by atomic mass is 32.2. The van der Waals surface area contributed by atoms with E-state index in [0.717, 1.165) is 22.8 Å². The lowest BCUT2D eigenvalue weighted by atomic mass is 10.0.